The standard InChI is InChI=1S/C48H31N5/c1-3-13-32(14-4-1)41-31-42(34-23-25-39-37-18-8-11-21-44(37)52(47(39)29-34)35-16-5-2-6-17-35)50-48(49-41)53-45-22-12-9-19-38(45)40-30-36(24-26-46(40)53)51-28-27-33-15-7-10-20-43(33)51/h1-31H. The molecule has 7 aromatic carbocycles. The van der Waals surface area contributed by atoms with Crippen LogP contribution in [0.2, 0.25) is 0 Å². The number of aromatic nitrogens is 5. The van der Waals surface area contributed by atoms with Gasteiger partial charge in [-0.1, -0.05) is 115 Å². The quantitative estimate of drug-likeness (QED) is 0.182. The minimum Gasteiger partial charge on any atom is -0.317 e. The third-order valence-electron chi connectivity index (χ3n) is 10.5. The summed E-state index contributed by atoms with van der Waals surface area (Å²) in [6, 6.07) is 64.4. The number of hydrogen-bond acceptors (Lipinski definition) is 2. The van der Waals surface area contributed by atoms with Crippen LogP contribution in [0.1, 0.15) is 0 Å². The van der Waals surface area contributed by atoms with E-state index in [0.717, 1.165) is 61.2 Å². The Morgan fingerprint density at radius 3 is 1.74 bits per heavy atom. The highest BCUT2D eigenvalue weighted by molar-refractivity contribution is 6.11. The Hall–Kier alpha value is -7.24. The minimum absolute atomic E-state index is 0.635. The molecule has 4 heterocycles. The fourth-order valence-corrected chi connectivity index (χ4v) is 8.06. The molecule has 0 N–H and O–H groups in total. The molecule has 0 aliphatic heterocycles. The van der Waals surface area contributed by atoms with Gasteiger partial charge in [0.05, 0.1) is 39.0 Å². The van der Waals surface area contributed by atoms with E-state index in [9.17, 15) is 0 Å². The molecule has 0 fully saturated rings. The third kappa shape index (κ3) is 4.64. The van der Waals surface area contributed by atoms with Crippen molar-refractivity contribution < 1.29 is 0 Å². The van der Waals surface area contributed by atoms with Gasteiger partial charge in [-0.15, -0.1) is 0 Å². The smallest absolute Gasteiger partial charge is 0.235 e. The van der Waals surface area contributed by atoms with Gasteiger partial charge in [-0.25, -0.2) is 9.97 Å². The molecule has 5 heteroatoms. The van der Waals surface area contributed by atoms with Crippen molar-refractivity contribution in [3.63, 3.8) is 0 Å². The second kappa shape index (κ2) is 11.7. The molecule has 0 bridgehead atoms. The molecule has 0 amide bonds. The Kier molecular flexibility index (Phi) is 6.48. The average molecular weight is 678 g/mol. The van der Waals surface area contributed by atoms with E-state index >= 15 is 0 Å². The summed E-state index contributed by atoms with van der Waals surface area (Å²) in [5.41, 5.74) is 11.7. The molecule has 5 nitrogen and oxygen atoms in total. The zero-order valence-corrected chi connectivity index (χ0v) is 28.6. The lowest BCUT2D eigenvalue weighted by Gasteiger charge is -2.13. The van der Waals surface area contributed by atoms with Crippen LogP contribution in [-0.4, -0.2) is 23.7 Å². The molecule has 0 saturated heterocycles. The van der Waals surface area contributed by atoms with Crippen LogP contribution in [0, 0.1) is 0 Å². The van der Waals surface area contributed by atoms with E-state index in [1.807, 2.05) is 6.07 Å². The van der Waals surface area contributed by atoms with Crippen LogP contribution in [0.5, 0.6) is 0 Å². The first kappa shape index (κ1) is 29.5. The van der Waals surface area contributed by atoms with Gasteiger partial charge in [0, 0.05) is 50.2 Å². The highest BCUT2D eigenvalue weighted by Gasteiger charge is 2.19. The Morgan fingerprint density at radius 2 is 0.943 bits per heavy atom. The van der Waals surface area contributed by atoms with Crippen molar-refractivity contribution in [2.24, 2.45) is 0 Å². The Labute approximate surface area is 305 Å². The van der Waals surface area contributed by atoms with E-state index in [1.165, 1.54) is 27.2 Å². The van der Waals surface area contributed by atoms with E-state index in [-0.39, 0.29) is 0 Å². The molecule has 11 rings (SSSR count). The first-order valence-electron chi connectivity index (χ1n) is 17.9. The van der Waals surface area contributed by atoms with E-state index in [0.29, 0.717) is 5.95 Å². The maximum Gasteiger partial charge on any atom is 0.235 e. The molecule has 53 heavy (non-hydrogen) atoms. The summed E-state index contributed by atoms with van der Waals surface area (Å²) < 4.78 is 6.83. The molecule has 4 aromatic heterocycles. The summed E-state index contributed by atoms with van der Waals surface area (Å²) in [4.78, 5) is 10.7. The highest BCUT2D eigenvalue weighted by Crippen LogP contribution is 2.37. The molecule has 248 valence electrons. The number of benzene rings is 7. The van der Waals surface area contributed by atoms with E-state index in [2.05, 4.69) is 196 Å². The van der Waals surface area contributed by atoms with E-state index in [1.54, 1.807) is 0 Å². The average Bonchev–Trinajstić information content (AvgIpc) is 3.91. The predicted molar refractivity (Wildman–Crippen MR) is 218 cm³/mol. The van der Waals surface area contributed by atoms with Crippen LogP contribution < -0.4 is 0 Å². The van der Waals surface area contributed by atoms with E-state index < -0.39 is 0 Å². The Morgan fingerprint density at radius 1 is 0.340 bits per heavy atom. The fraction of sp³-hybridized carbons (Fsp3) is 0. The third-order valence-corrected chi connectivity index (χ3v) is 10.5. The summed E-state index contributed by atoms with van der Waals surface area (Å²) in [5.74, 6) is 0.635. The molecule has 0 radical (unpaired) electrons. The molecule has 0 saturated carbocycles. The van der Waals surface area contributed by atoms with Gasteiger partial charge in [-0.2, -0.15) is 0 Å². The first-order valence-corrected chi connectivity index (χ1v) is 17.9. The summed E-state index contributed by atoms with van der Waals surface area (Å²) in [6.45, 7) is 0. The lowest BCUT2D eigenvalue weighted by molar-refractivity contribution is 0.995. The van der Waals surface area contributed by atoms with Gasteiger partial charge in [0.2, 0.25) is 5.95 Å². The fourth-order valence-electron chi connectivity index (χ4n) is 8.06. The van der Waals surface area contributed by atoms with Gasteiger partial charge in [0.15, 0.2) is 0 Å². The van der Waals surface area contributed by atoms with Crippen molar-refractivity contribution in [2.75, 3.05) is 0 Å². The topological polar surface area (TPSA) is 40.6 Å². The van der Waals surface area contributed by atoms with Gasteiger partial charge in [-0.05, 0) is 72.1 Å². The van der Waals surface area contributed by atoms with Crippen molar-refractivity contribution >= 4 is 54.5 Å². The van der Waals surface area contributed by atoms with Crippen molar-refractivity contribution in [2.45, 2.75) is 0 Å². The number of nitrogens with zero attached hydrogens (tertiary/aromatic N) is 5. The number of rotatable bonds is 5. The van der Waals surface area contributed by atoms with Gasteiger partial charge in [0.25, 0.3) is 0 Å². The molecule has 0 atom stereocenters. The summed E-state index contributed by atoms with van der Waals surface area (Å²) in [6.07, 6.45) is 2.15. The number of fused-ring (bicyclic) bond motifs is 7. The largest absolute Gasteiger partial charge is 0.317 e. The lowest BCUT2D eigenvalue weighted by atomic mass is 10.1. The molecular weight excluding hydrogens is 647 g/mol. The normalized spacial score (nSPS) is 11.8. The van der Waals surface area contributed by atoms with Gasteiger partial charge >= 0.3 is 0 Å². The second-order valence-electron chi connectivity index (χ2n) is 13.5. The second-order valence-corrected chi connectivity index (χ2v) is 13.5. The Bertz CT molecular complexity index is 3170. The molecule has 0 unspecified atom stereocenters. The van der Waals surface area contributed by atoms with Crippen LogP contribution >= 0.6 is 0 Å². The van der Waals surface area contributed by atoms with Crippen LogP contribution in [0.4, 0.5) is 0 Å². The first-order chi connectivity index (χ1) is 26.3. The molecule has 0 aliphatic rings. The summed E-state index contributed by atoms with van der Waals surface area (Å²) >= 11 is 0. The van der Waals surface area contributed by atoms with Gasteiger partial charge in [-0.3, -0.25) is 4.57 Å². The lowest BCUT2D eigenvalue weighted by Crippen LogP contribution is -2.04. The maximum atomic E-state index is 5.39. The van der Waals surface area contributed by atoms with E-state index in [4.69, 9.17) is 9.97 Å². The number of para-hydroxylation sites is 4. The summed E-state index contributed by atoms with van der Waals surface area (Å²) in [7, 11) is 0. The zero-order chi connectivity index (χ0) is 34.9. The van der Waals surface area contributed by atoms with Crippen molar-refractivity contribution in [3.8, 4) is 39.8 Å². The molecular formula is C48H31N5. The van der Waals surface area contributed by atoms with Gasteiger partial charge in [0.1, 0.15) is 0 Å². The molecule has 0 aliphatic carbocycles. The van der Waals surface area contributed by atoms with Crippen LogP contribution in [0.3, 0.4) is 0 Å². The van der Waals surface area contributed by atoms with Gasteiger partial charge < -0.3 is 9.13 Å². The van der Waals surface area contributed by atoms with Crippen LogP contribution in [0.15, 0.2) is 188 Å². The van der Waals surface area contributed by atoms with Crippen LogP contribution in [0.25, 0.3) is 94.4 Å². The van der Waals surface area contributed by atoms with Crippen LogP contribution in [-0.2, 0) is 0 Å². The maximum absolute atomic E-state index is 5.39. The molecule has 11 aromatic rings. The Balaban J connectivity index is 1.15. The predicted octanol–water partition coefficient (Wildman–Crippen LogP) is 11.9. The van der Waals surface area contributed by atoms with Crippen molar-refractivity contribution in [1.82, 2.24) is 23.7 Å². The number of hydrogen-bond donors (Lipinski definition) is 0. The monoisotopic (exact) mass is 677 g/mol. The van der Waals surface area contributed by atoms with Crippen molar-refractivity contribution in [1.29, 1.82) is 0 Å². The molecule has 0 spiro atoms. The summed E-state index contributed by atoms with van der Waals surface area (Å²) in [5, 5.41) is 5.96. The van der Waals surface area contributed by atoms with Crippen molar-refractivity contribution in [3.05, 3.63) is 188 Å². The highest BCUT2D eigenvalue weighted by atomic mass is 15.2. The zero-order valence-electron chi connectivity index (χ0n) is 28.6. The SMILES string of the molecule is c1ccc(-c2cc(-c3ccc4c5ccccc5n(-c5ccccc5)c4c3)nc(-n3c4ccccc4c4cc(-n5ccc6ccccc65)ccc43)n2)cc1. The minimum atomic E-state index is 0.635.